The highest BCUT2D eigenvalue weighted by molar-refractivity contribution is 6.13. The second-order valence-electron chi connectivity index (χ2n) is 12.4. The van der Waals surface area contributed by atoms with Crippen LogP contribution in [0, 0.1) is 41.5 Å². The number of benzene rings is 5. The van der Waals surface area contributed by atoms with Crippen LogP contribution in [0.1, 0.15) is 33.4 Å². The molecule has 0 bridgehead atoms. The number of pyridine rings is 2. The van der Waals surface area contributed by atoms with E-state index < -0.39 is 0 Å². The molecule has 0 unspecified atom stereocenters. The smallest absolute Gasteiger partial charge is 0.0714 e. The molecule has 0 aliphatic carbocycles. The van der Waals surface area contributed by atoms with Crippen LogP contribution in [0.5, 0.6) is 0 Å². The van der Waals surface area contributed by atoms with Gasteiger partial charge in [-0.05, 0) is 145 Å². The van der Waals surface area contributed by atoms with Crippen LogP contribution in [0.4, 0.5) is 0 Å². The number of aryl methyl sites for hydroxylation is 6. The van der Waals surface area contributed by atoms with E-state index in [0.29, 0.717) is 0 Å². The van der Waals surface area contributed by atoms with Crippen LogP contribution >= 0.6 is 0 Å². The summed E-state index contributed by atoms with van der Waals surface area (Å²) < 4.78 is 0. The molecule has 0 amide bonds. The molecule has 44 heavy (non-hydrogen) atoms. The number of fused-ring (bicyclic) bond motifs is 3. The SMILES string of the molecule is Cc1cc(C)cc(-c2cc(-c3cc(-c4cc(C)c(C)cn4)ccc3C)cc(-c3cc4ncccc4c4ccc(C)cc34)c2)c1. The monoisotopic (exact) mass is 568 g/mol. The minimum atomic E-state index is 1.00. The Morgan fingerprint density at radius 2 is 1.14 bits per heavy atom. The molecular weight excluding hydrogens is 532 g/mol. The molecule has 0 fully saturated rings. The minimum absolute atomic E-state index is 1.00. The van der Waals surface area contributed by atoms with E-state index in [9.17, 15) is 0 Å². The van der Waals surface area contributed by atoms with Crippen LogP contribution in [0.15, 0.2) is 109 Å². The second kappa shape index (κ2) is 10.9. The van der Waals surface area contributed by atoms with E-state index in [-0.39, 0.29) is 0 Å². The minimum Gasteiger partial charge on any atom is -0.256 e. The molecule has 0 saturated carbocycles. The lowest BCUT2D eigenvalue weighted by molar-refractivity contribution is 1.22. The Kier molecular flexibility index (Phi) is 6.86. The standard InChI is InChI=1S/C42H36N2/c1-25-9-12-36-37-8-7-13-43-42(37)23-39(40(36)17-25)35-20-33(32-15-26(2)14-27(3)16-32)19-34(21-35)38-22-31(11-10-28(38)4)41-18-29(5)30(6)24-44-41/h7-24H,1-6H3. The van der Waals surface area contributed by atoms with Gasteiger partial charge in [-0.1, -0.05) is 71.3 Å². The van der Waals surface area contributed by atoms with E-state index >= 15 is 0 Å². The van der Waals surface area contributed by atoms with Crippen LogP contribution in [0.2, 0.25) is 0 Å². The first-order valence-electron chi connectivity index (χ1n) is 15.3. The van der Waals surface area contributed by atoms with Gasteiger partial charge in [-0.3, -0.25) is 9.97 Å². The number of nitrogens with zero attached hydrogens (tertiary/aromatic N) is 2. The van der Waals surface area contributed by atoms with Gasteiger partial charge in [0.1, 0.15) is 0 Å². The van der Waals surface area contributed by atoms with E-state index in [1.54, 1.807) is 0 Å². The summed E-state index contributed by atoms with van der Waals surface area (Å²) in [4.78, 5) is 9.58. The molecule has 0 N–H and O–H groups in total. The molecule has 2 nitrogen and oxygen atoms in total. The highest BCUT2D eigenvalue weighted by atomic mass is 14.7. The molecule has 7 aromatic rings. The van der Waals surface area contributed by atoms with E-state index in [2.05, 4.69) is 133 Å². The Morgan fingerprint density at radius 3 is 1.91 bits per heavy atom. The molecule has 0 atom stereocenters. The van der Waals surface area contributed by atoms with E-state index in [1.807, 2.05) is 18.5 Å². The number of hydrogen-bond acceptors (Lipinski definition) is 2. The molecule has 0 radical (unpaired) electrons. The van der Waals surface area contributed by atoms with Crippen molar-refractivity contribution in [3.05, 3.63) is 143 Å². The Balaban J connectivity index is 1.52. The van der Waals surface area contributed by atoms with Crippen LogP contribution < -0.4 is 0 Å². The predicted octanol–water partition coefficient (Wildman–Crippen LogP) is 11.3. The largest absolute Gasteiger partial charge is 0.256 e. The highest BCUT2D eigenvalue weighted by Crippen LogP contribution is 2.40. The summed E-state index contributed by atoms with van der Waals surface area (Å²) in [7, 11) is 0. The van der Waals surface area contributed by atoms with Crippen molar-refractivity contribution in [1.29, 1.82) is 0 Å². The summed E-state index contributed by atoms with van der Waals surface area (Å²) in [6, 6.07) is 36.0. The van der Waals surface area contributed by atoms with Gasteiger partial charge in [0.2, 0.25) is 0 Å². The lowest BCUT2D eigenvalue weighted by atomic mass is 9.88. The van der Waals surface area contributed by atoms with Crippen molar-refractivity contribution in [2.24, 2.45) is 0 Å². The zero-order chi connectivity index (χ0) is 30.5. The quantitative estimate of drug-likeness (QED) is 0.197. The molecule has 0 spiro atoms. The molecular formula is C42H36N2. The first-order valence-corrected chi connectivity index (χ1v) is 15.3. The third kappa shape index (κ3) is 5.07. The Hall–Kier alpha value is -5.08. The molecule has 2 heterocycles. The topological polar surface area (TPSA) is 25.8 Å². The molecule has 214 valence electrons. The van der Waals surface area contributed by atoms with Crippen molar-refractivity contribution < 1.29 is 0 Å². The molecule has 7 rings (SSSR count). The van der Waals surface area contributed by atoms with Gasteiger partial charge in [-0.25, -0.2) is 0 Å². The van der Waals surface area contributed by atoms with Gasteiger partial charge in [0.15, 0.2) is 0 Å². The van der Waals surface area contributed by atoms with Crippen LogP contribution in [0.3, 0.4) is 0 Å². The summed E-state index contributed by atoms with van der Waals surface area (Å²) in [6.07, 6.45) is 3.86. The fourth-order valence-electron chi connectivity index (χ4n) is 6.45. The van der Waals surface area contributed by atoms with Gasteiger partial charge in [0, 0.05) is 23.3 Å². The number of aromatic nitrogens is 2. The third-order valence-electron chi connectivity index (χ3n) is 8.89. The van der Waals surface area contributed by atoms with Crippen molar-refractivity contribution >= 4 is 21.7 Å². The fraction of sp³-hybridized carbons (Fsp3) is 0.143. The van der Waals surface area contributed by atoms with Gasteiger partial charge in [-0.15, -0.1) is 0 Å². The summed E-state index contributed by atoms with van der Waals surface area (Å²) in [6.45, 7) is 13.0. The second-order valence-corrected chi connectivity index (χ2v) is 12.4. The van der Waals surface area contributed by atoms with Gasteiger partial charge < -0.3 is 0 Å². The maximum absolute atomic E-state index is 4.79. The molecule has 2 heteroatoms. The Morgan fingerprint density at radius 1 is 0.409 bits per heavy atom. The van der Waals surface area contributed by atoms with Crippen LogP contribution in [-0.2, 0) is 0 Å². The molecule has 0 saturated heterocycles. The Labute approximate surface area is 260 Å². The van der Waals surface area contributed by atoms with Gasteiger partial charge in [0.25, 0.3) is 0 Å². The number of rotatable bonds is 4. The van der Waals surface area contributed by atoms with Gasteiger partial charge in [0.05, 0.1) is 11.2 Å². The van der Waals surface area contributed by atoms with Crippen LogP contribution in [0.25, 0.3) is 66.3 Å². The molecule has 0 aliphatic heterocycles. The average molecular weight is 569 g/mol. The predicted molar refractivity (Wildman–Crippen MR) is 187 cm³/mol. The van der Waals surface area contributed by atoms with Crippen molar-refractivity contribution in [3.8, 4) is 44.6 Å². The summed E-state index contributed by atoms with van der Waals surface area (Å²) in [5.74, 6) is 0. The maximum Gasteiger partial charge on any atom is 0.0714 e. The van der Waals surface area contributed by atoms with Crippen molar-refractivity contribution in [1.82, 2.24) is 9.97 Å². The van der Waals surface area contributed by atoms with Crippen molar-refractivity contribution in [2.75, 3.05) is 0 Å². The number of hydrogen-bond donors (Lipinski definition) is 0. The average Bonchev–Trinajstić information content (AvgIpc) is 3.01. The van der Waals surface area contributed by atoms with Crippen molar-refractivity contribution in [2.45, 2.75) is 41.5 Å². The Bertz CT molecular complexity index is 2220. The highest BCUT2D eigenvalue weighted by Gasteiger charge is 2.15. The maximum atomic E-state index is 4.79. The normalized spacial score (nSPS) is 11.4. The molecule has 0 aliphatic rings. The van der Waals surface area contributed by atoms with Gasteiger partial charge in [-0.2, -0.15) is 0 Å². The van der Waals surface area contributed by atoms with Gasteiger partial charge >= 0.3 is 0 Å². The molecule has 2 aromatic heterocycles. The van der Waals surface area contributed by atoms with Crippen molar-refractivity contribution in [3.63, 3.8) is 0 Å². The molecule has 5 aromatic carbocycles. The third-order valence-corrected chi connectivity index (χ3v) is 8.89. The van der Waals surface area contributed by atoms with E-state index in [0.717, 1.165) is 16.8 Å². The summed E-state index contributed by atoms with van der Waals surface area (Å²) >= 11 is 0. The summed E-state index contributed by atoms with van der Waals surface area (Å²) in [5, 5.41) is 3.66. The van der Waals surface area contributed by atoms with Crippen LogP contribution in [-0.4, -0.2) is 9.97 Å². The van der Waals surface area contributed by atoms with E-state index in [4.69, 9.17) is 9.97 Å². The lowest BCUT2D eigenvalue weighted by Gasteiger charge is -2.17. The van der Waals surface area contributed by atoms with E-state index in [1.165, 1.54) is 82.9 Å². The fourth-order valence-corrected chi connectivity index (χ4v) is 6.45. The zero-order valence-electron chi connectivity index (χ0n) is 26.3. The zero-order valence-corrected chi connectivity index (χ0v) is 26.3. The first-order chi connectivity index (χ1) is 21.2. The first kappa shape index (κ1) is 27.7. The summed E-state index contributed by atoms with van der Waals surface area (Å²) in [5.41, 5.74) is 17.9. The lowest BCUT2D eigenvalue weighted by Crippen LogP contribution is -1.93.